The number of aromatic nitrogens is 1. The molecular weight excluding hydrogens is 362 g/mol. The number of hydrogen-bond donors (Lipinski definition) is 2. The van der Waals surface area contributed by atoms with Gasteiger partial charge in [0.15, 0.2) is 5.58 Å². The molecule has 0 atom stereocenters. The Morgan fingerprint density at radius 3 is 2.41 bits per heavy atom. The van der Waals surface area contributed by atoms with E-state index < -0.39 is 0 Å². The first-order valence-electron chi connectivity index (χ1n) is 9.29. The van der Waals surface area contributed by atoms with Crippen molar-refractivity contribution >= 4 is 39.3 Å². The van der Waals surface area contributed by atoms with Gasteiger partial charge in [-0.15, -0.1) is 0 Å². The maximum Gasteiger partial charge on any atom is 0.323 e. The Labute approximate surface area is 167 Å². The number of hydrogen-bond acceptors (Lipinski definition) is 3. The number of urea groups is 1. The van der Waals surface area contributed by atoms with Crippen LogP contribution in [0.15, 0.2) is 95.4 Å². The summed E-state index contributed by atoms with van der Waals surface area (Å²) >= 11 is 0. The lowest BCUT2D eigenvalue weighted by molar-refractivity contribution is 0.262. The van der Waals surface area contributed by atoms with Crippen LogP contribution in [0.1, 0.15) is 0 Å². The van der Waals surface area contributed by atoms with Gasteiger partial charge in [-0.3, -0.25) is 0 Å². The number of para-hydroxylation sites is 2. The molecule has 0 spiro atoms. The SMILES string of the molecule is O=C(Nc1ccccc1)Nc1ccccc1-c1nc2c(ccc3ccccc32)o1. The van der Waals surface area contributed by atoms with Gasteiger partial charge in [-0.25, -0.2) is 9.78 Å². The first kappa shape index (κ1) is 17.0. The van der Waals surface area contributed by atoms with Crippen LogP contribution in [-0.4, -0.2) is 11.0 Å². The Kier molecular flexibility index (Phi) is 4.18. The molecule has 5 aromatic rings. The third-order valence-electron chi connectivity index (χ3n) is 4.72. The van der Waals surface area contributed by atoms with Crippen LogP contribution in [0.3, 0.4) is 0 Å². The highest BCUT2D eigenvalue weighted by Crippen LogP contribution is 2.33. The van der Waals surface area contributed by atoms with Gasteiger partial charge in [0.2, 0.25) is 5.89 Å². The molecule has 0 aliphatic carbocycles. The van der Waals surface area contributed by atoms with Crippen LogP contribution in [0.4, 0.5) is 16.2 Å². The van der Waals surface area contributed by atoms with Crippen LogP contribution in [0.25, 0.3) is 33.3 Å². The summed E-state index contributed by atoms with van der Waals surface area (Å²) < 4.78 is 6.02. The van der Waals surface area contributed by atoms with Gasteiger partial charge in [0.1, 0.15) is 5.52 Å². The summed E-state index contributed by atoms with van der Waals surface area (Å²) in [7, 11) is 0. The molecule has 2 amide bonds. The topological polar surface area (TPSA) is 67.2 Å². The van der Waals surface area contributed by atoms with Crippen LogP contribution < -0.4 is 10.6 Å². The van der Waals surface area contributed by atoms with E-state index in [-0.39, 0.29) is 6.03 Å². The second-order valence-electron chi connectivity index (χ2n) is 6.64. The Morgan fingerprint density at radius 2 is 1.52 bits per heavy atom. The molecule has 0 radical (unpaired) electrons. The minimum Gasteiger partial charge on any atom is -0.436 e. The lowest BCUT2D eigenvalue weighted by Crippen LogP contribution is -2.19. The third-order valence-corrected chi connectivity index (χ3v) is 4.72. The molecule has 1 aromatic heterocycles. The standard InChI is InChI=1S/C24H17N3O2/c28-24(25-17-9-2-1-3-10-17)26-20-13-7-6-12-19(20)23-27-22-18-11-5-4-8-16(18)14-15-21(22)29-23/h1-15H,(H2,25,26,28). The molecule has 5 nitrogen and oxygen atoms in total. The van der Waals surface area contributed by atoms with Crippen LogP contribution in [-0.2, 0) is 0 Å². The quantitative estimate of drug-likeness (QED) is 0.387. The number of amides is 2. The third kappa shape index (κ3) is 3.30. The number of rotatable bonds is 3. The normalized spacial score (nSPS) is 10.9. The van der Waals surface area contributed by atoms with E-state index in [0.29, 0.717) is 17.2 Å². The average molecular weight is 379 g/mol. The maximum atomic E-state index is 12.4. The lowest BCUT2D eigenvalue weighted by atomic mass is 10.1. The van der Waals surface area contributed by atoms with Crippen molar-refractivity contribution < 1.29 is 9.21 Å². The Hall–Kier alpha value is -4.12. The lowest BCUT2D eigenvalue weighted by Gasteiger charge is -2.10. The van der Waals surface area contributed by atoms with Crippen LogP contribution in [0.5, 0.6) is 0 Å². The van der Waals surface area contributed by atoms with Gasteiger partial charge < -0.3 is 15.1 Å². The fourth-order valence-corrected chi connectivity index (χ4v) is 3.36. The van der Waals surface area contributed by atoms with E-state index in [1.165, 1.54) is 0 Å². The summed E-state index contributed by atoms with van der Waals surface area (Å²) in [6.45, 7) is 0. The number of oxazole rings is 1. The number of carbonyl (C=O) groups is 1. The van der Waals surface area contributed by atoms with E-state index >= 15 is 0 Å². The predicted molar refractivity (Wildman–Crippen MR) is 116 cm³/mol. The summed E-state index contributed by atoms with van der Waals surface area (Å²) in [6, 6.07) is 28.4. The summed E-state index contributed by atoms with van der Waals surface area (Å²) in [5.41, 5.74) is 3.58. The number of nitrogens with one attached hydrogen (secondary N) is 2. The highest BCUT2D eigenvalue weighted by molar-refractivity contribution is 6.05. The van der Waals surface area contributed by atoms with Crippen LogP contribution >= 0.6 is 0 Å². The molecule has 0 unspecified atom stereocenters. The first-order valence-corrected chi connectivity index (χ1v) is 9.29. The Bertz CT molecular complexity index is 1330. The molecule has 5 heteroatoms. The summed E-state index contributed by atoms with van der Waals surface area (Å²) in [5, 5.41) is 7.85. The van der Waals surface area contributed by atoms with Crippen molar-refractivity contribution in [2.24, 2.45) is 0 Å². The second-order valence-corrected chi connectivity index (χ2v) is 6.64. The number of benzene rings is 4. The molecule has 0 aliphatic rings. The van der Waals surface area contributed by atoms with Gasteiger partial charge in [-0.2, -0.15) is 0 Å². The van der Waals surface area contributed by atoms with Crippen molar-refractivity contribution in [3.05, 3.63) is 91.0 Å². The van der Waals surface area contributed by atoms with Crippen molar-refractivity contribution in [1.29, 1.82) is 0 Å². The van der Waals surface area contributed by atoms with Crippen molar-refractivity contribution in [3.8, 4) is 11.5 Å². The van der Waals surface area contributed by atoms with E-state index in [0.717, 1.165) is 27.5 Å². The second kappa shape index (κ2) is 7.13. The number of nitrogens with zero attached hydrogens (tertiary/aromatic N) is 1. The number of anilines is 2. The molecule has 0 saturated heterocycles. The summed E-state index contributed by atoms with van der Waals surface area (Å²) in [4.78, 5) is 17.2. The molecule has 4 aromatic carbocycles. The molecule has 0 aliphatic heterocycles. The van der Waals surface area contributed by atoms with Gasteiger partial charge in [0.25, 0.3) is 0 Å². The highest BCUT2D eigenvalue weighted by Gasteiger charge is 2.15. The monoisotopic (exact) mass is 379 g/mol. The number of fused-ring (bicyclic) bond motifs is 3. The van der Waals surface area contributed by atoms with Crippen molar-refractivity contribution in [2.45, 2.75) is 0 Å². The van der Waals surface area contributed by atoms with Gasteiger partial charge in [-0.1, -0.05) is 60.7 Å². The van der Waals surface area contributed by atoms with Crippen molar-refractivity contribution in [2.75, 3.05) is 10.6 Å². The molecule has 0 saturated carbocycles. The van der Waals surface area contributed by atoms with E-state index in [1.54, 1.807) is 0 Å². The highest BCUT2D eigenvalue weighted by atomic mass is 16.3. The van der Waals surface area contributed by atoms with E-state index in [1.807, 2.05) is 91.0 Å². The molecular formula is C24H17N3O2. The minimum absolute atomic E-state index is 0.329. The fourth-order valence-electron chi connectivity index (χ4n) is 3.36. The van der Waals surface area contributed by atoms with Crippen LogP contribution in [0.2, 0.25) is 0 Å². The molecule has 2 N–H and O–H groups in total. The molecule has 29 heavy (non-hydrogen) atoms. The molecule has 5 rings (SSSR count). The van der Waals surface area contributed by atoms with Crippen LogP contribution in [0, 0.1) is 0 Å². The largest absolute Gasteiger partial charge is 0.436 e. The molecule has 0 fully saturated rings. The molecule has 140 valence electrons. The zero-order chi connectivity index (χ0) is 19.6. The van der Waals surface area contributed by atoms with Gasteiger partial charge >= 0.3 is 6.03 Å². The summed E-state index contributed by atoms with van der Waals surface area (Å²) in [6.07, 6.45) is 0. The Balaban J connectivity index is 1.50. The zero-order valence-corrected chi connectivity index (χ0v) is 15.4. The smallest absolute Gasteiger partial charge is 0.323 e. The van der Waals surface area contributed by atoms with Crippen molar-refractivity contribution in [1.82, 2.24) is 4.98 Å². The average Bonchev–Trinajstić information content (AvgIpc) is 3.19. The Morgan fingerprint density at radius 1 is 0.759 bits per heavy atom. The minimum atomic E-state index is -0.329. The van der Waals surface area contributed by atoms with E-state index in [9.17, 15) is 4.79 Å². The van der Waals surface area contributed by atoms with E-state index in [4.69, 9.17) is 9.40 Å². The van der Waals surface area contributed by atoms with Crippen molar-refractivity contribution in [3.63, 3.8) is 0 Å². The molecule has 1 heterocycles. The summed E-state index contributed by atoms with van der Waals surface area (Å²) in [5.74, 6) is 0.465. The zero-order valence-electron chi connectivity index (χ0n) is 15.4. The fraction of sp³-hybridized carbons (Fsp3) is 0. The van der Waals surface area contributed by atoms with Gasteiger partial charge in [0, 0.05) is 11.1 Å². The van der Waals surface area contributed by atoms with E-state index in [2.05, 4.69) is 10.6 Å². The van der Waals surface area contributed by atoms with Gasteiger partial charge in [0.05, 0.1) is 11.3 Å². The molecule has 0 bridgehead atoms. The van der Waals surface area contributed by atoms with Gasteiger partial charge in [-0.05, 0) is 35.7 Å². The maximum absolute atomic E-state index is 12.4. The predicted octanol–water partition coefficient (Wildman–Crippen LogP) is 6.29. The number of carbonyl (C=O) groups excluding carboxylic acids is 1. The first-order chi connectivity index (χ1) is 14.3.